The number of amides is 1. The highest BCUT2D eigenvalue weighted by atomic mass is 79.9. The Kier molecular flexibility index (Phi) is 4.00. The first-order chi connectivity index (χ1) is 8.61. The third-order valence-corrected chi connectivity index (χ3v) is 3.54. The Morgan fingerprint density at radius 1 is 1.50 bits per heavy atom. The molecule has 1 aromatic rings. The first-order valence-electron chi connectivity index (χ1n) is 5.84. The summed E-state index contributed by atoms with van der Waals surface area (Å²) in [7, 11) is 0. The average molecular weight is 315 g/mol. The van der Waals surface area contributed by atoms with Gasteiger partial charge in [0.1, 0.15) is 10.4 Å². The van der Waals surface area contributed by atoms with Crippen molar-refractivity contribution < 1.29 is 9.90 Å². The van der Waals surface area contributed by atoms with Crippen LogP contribution in [0.3, 0.4) is 0 Å². The summed E-state index contributed by atoms with van der Waals surface area (Å²) in [6, 6.07) is 0.0155. The van der Waals surface area contributed by atoms with E-state index in [1.165, 1.54) is 4.90 Å². The van der Waals surface area contributed by atoms with Gasteiger partial charge in [-0.05, 0) is 22.4 Å². The lowest BCUT2D eigenvalue weighted by Crippen LogP contribution is -2.55. The predicted octanol–water partition coefficient (Wildman–Crippen LogP) is 1.82. The van der Waals surface area contributed by atoms with Crippen LogP contribution in [0.4, 0.5) is 10.6 Å². The fourth-order valence-electron chi connectivity index (χ4n) is 2.13. The van der Waals surface area contributed by atoms with Crippen LogP contribution >= 0.6 is 15.9 Å². The number of rotatable bonds is 2. The Bertz CT molecular complexity index is 426. The van der Waals surface area contributed by atoms with Crippen LogP contribution in [0, 0.1) is 0 Å². The van der Waals surface area contributed by atoms with Crippen molar-refractivity contribution in [1.82, 2.24) is 14.9 Å². The van der Waals surface area contributed by atoms with Gasteiger partial charge in [0.05, 0.1) is 18.4 Å². The monoisotopic (exact) mass is 314 g/mol. The van der Waals surface area contributed by atoms with Gasteiger partial charge in [0, 0.05) is 19.6 Å². The van der Waals surface area contributed by atoms with Crippen LogP contribution in [0.5, 0.6) is 0 Å². The van der Waals surface area contributed by atoms with E-state index in [0.29, 0.717) is 24.2 Å². The van der Waals surface area contributed by atoms with Gasteiger partial charge in [0.2, 0.25) is 0 Å². The lowest BCUT2D eigenvalue weighted by atomic mass is 10.1. The van der Waals surface area contributed by atoms with Crippen molar-refractivity contribution in [1.29, 1.82) is 0 Å². The summed E-state index contributed by atoms with van der Waals surface area (Å²) >= 11 is 3.25. The molecule has 1 aromatic heterocycles. The van der Waals surface area contributed by atoms with Crippen LogP contribution in [-0.4, -0.2) is 51.7 Å². The molecule has 1 amide bonds. The second-order valence-electron chi connectivity index (χ2n) is 4.18. The van der Waals surface area contributed by atoms with Crippen molar-refractivity contribution in [3.8, 4) is 0 Å². The molecule has 0 radical (unpaired) electrons. The summed E-state index contributed by atoms with van der Waals surface area (Å²) in [5.74, 6) is 0.793. The van der Waals surface area contributed by atoms with E-state index < -0.39 is 6.09 Å². The number of hydrogen-bond donors (Lipinski definition) is 1. The minimum absolute atomic E-state index is 0.0155. The van der Waals surface area contributed by atoms with Gasteiger partial charge in [-0.1, -0.05) is 6.92 Å². The van der Waals surface area contributed by atoms with E-state index in [0.717, 1.165) is 12.2 Å². The molecule has 1 aliphatic rings. The summed E-state index contributed by atoms with van der Waals surface area (Å²) in [4.78, 5) is 23.1. The van der Waals surface area contributed by atoms with Gasteiger partial charge in [-0.25, -0.2) is 14.8 Å². The molecule has 0 spiro atoms. The first kappa shape index (κ1) is 13.1. The lowest BCUT2D eigenvalue weighted by molar-refractivity contribution is 0.116. The van der Waals surface area contributed by atoms with Crippen molar-refractivity contribution >= 4 is 27.8 Å². The molecule has 1 saturated heterocycles. The zero-order valence-electron chi connectivity index (χ0n) is 10.1. The zero-order valence-corrected chi connectivity index (χ0v) is 11.7. The highest BCUT2D eigenvalue weighted by molar-refractivity contribution is 9.10. The van der Waals surface area contributed by atoms with Crippen molar-refractivity contribution in [2.24, 2.45) is 0 Å². The fraction of sp³-hybridized carbons (Fsp3) is 0.545. The number of halogens is 1. The molecule has 7 heteroatoms. The largest absolute Gasteiger partial charge is 0.465 e. The molecule has 98 valence electrons. The maximum Gasteiger partial charge on any atom is 0.407 e. The van der Waals surface area contributed by atoms with Crippen LogP contribution in [0.25, 0.3) is 0 Å². The van der Waals surface area contributed by atoms with Crippen LogP contribution in [-0.2, 0) is 0 Å². The van der Waals surface area contributed by atoms with Gasteiger partial charge in [-0.2, -0.15) is 0 Å². The highest BCUT2D eigenvalue weighted by Gasteiger charge is 2.29. The number of nitrogens with zero attached hydrogens (tertiary/aromatic N) is 4. The third-order valence-electron chi connectivity index (χ3n) is 3.13. The summed E-state index contributed by atoms with van der Waals surface area (Å²) in [6.07, 6.45) is 3.31. The van der Waals surface area contributed by atoms with E-state index in [4.69, 9.17) is 5.11 Å². The topological polar surface area (TPSA) is 69.6 Å². The van der Waals surface area contributed by atoms with Crippen LogP contribution < -0.4 is 4.90 Å². The van der Waals surface area contributed by atoms with Gasteiger partial charge in [-0.15, -0.1) is 0 Å². The Morgan fingerprint density at radius 2 is 2.28 bits per heavy atom. The maximum atomic E-state index is 11.1. The van der Waals surface area contributed by atoms with Crippen LogP contribution in [0.15, 0.2) is 17.0 Å². The normalized spacial score (nSPS) is 20.0. The van der Waals surface area contributed by atoms with Gasteiger partial charge in [0.25, 0.3) is 0 Å². The fourth-order valence-corrected chi connectivity index (χ4v) is 2.34. The first-order valence-corrected chi connectivity index (χ1v) is 6.63. The van der Waals surface area contributed by atoms with E-state index in [9.17, 15) is 4.79 Å². The zero-order chi connectivity index (χ0) is 13.1. The summed E-state index contributed by atoms with van der Waals surface area (Å²) in [5, 5.41) is 9.11. The second-order valence-corrected chi connectivity index (χ2v) is 4.99. The molecule has 2 heterocycles. The molecule has 0 unspecified atom stereocenters. The second kappa shape index (κ2) is 5.51. The lowest BCUT2D eigenvalue weighted by Gasteiger charge is -2.40. The molecule has 0 saturated carbocycles. The van der Waals surface area contributed by atoms with Crippen LogP contribution in [0.2, 0.25) is 0 Å². The predicted molar refractivity (Wildman–Crippen MR) is 70.8 cm³/mol. The minimum atomic E-state index is -0.844. The Labute approximate surface area is 114 Å². The maximum absolute atomic E-state index is 11.1. The number of anilines is 1. The van der Waals surface area contributed by atoms with Gasteiger partial charge < -0.3 is 14.9 Å². The van der Waals surface area contributed by atoms with E-state index >= 15 is 0 Å². The standard InChI is InChI=1S/C11H15BrN4O2/c1-2-8-7-15(3-4-16(8)11(17)18)10-6-13-9(12)5-14-10/h5-6,8H,2-4,7H2,1H3,(H,17,18)/t8-/m0/s1. The summed E-state index contributed by atoms with van der Waals surface area (Å²) in [5.41, 5.74) is 0. The molecule has 1 fully saturated rings. The molecule has 1 atom stereocenters. The molecule has 0 aromatic carbocycles. The number of hydrogen-bond acceptors (Lipinski definition) is 4. The highest BCUT2D eigenvalue weighted by Crippen LogP contribution is 2.19. The van der Waals surface area contributed by atoms with Crippen molar-refractivity contribution in [2.45, 2.75) is 19.4 Å². The molecule has 6 nitrogen and oxygen atoms in total. The average Bonchev–Trinajstić information content (AvgIpc) is 2.38. The number of piperazine rings is 1. The van der Waals surface area contributed by atoms with Gasteiger partial charge in [-0.3, -0.25) is 0 Å². The quantitative estimate of drug-likeness (QED) is 0.901. The third kappa shape index (κ3) is 2.72. The number of carbonyl (C=O) groups is 1. The summed E-state index contributed by atoms with van der Waals surface area (Å²) < 4.78 is 0.697. The molecule has 1 aliphatic heterocycles. The minimum Gasteiger partial charge on any atom is -0.465 e. The molecule has 18 heavy (non-hydrogen) atoms. The smallest absolute Gasteiger partial charge is 0.407 e. The van der Waals surface area contributed by atoms with E-state index in [-0.39, 0.29) is 6.04 Å². The molecule has 2 rings (SSSR count). The van der Waals surface area contributed by atoms with E-state index in [1.54, 1.807) is 12.4 Å². The molecule has 0 bridgehead atoms. The van der Waals surface area contributed by atoms with E-state index in [1.807, 2.05) is 6.92 Å². The SMILES string of the molecule is CC[C@H]1CN(c2cnc(Br)cn2)CCN1C(=O)O. The van der Waals surface area contributed by atoms with E-state index in [2.05, 4.69) is 30.8 Å². The Hall–Kier alpha value is -1.37. The molecular formula is C11H15BrN4O2. The number of carboxylic acid groups (broad SMARTS) is 1. The van der Waals surface area contributed by atoms with Gasteiger partial charge >= 0.3 is 6.09 Å². The van der Waals surface area contributed by atoms with Crippen molar-refractivity contribution in [3.05, 3.63) is 17.0 Å². The van der Waals surface area contributed by atoms with Crippen LogP contribution in [0.1, 0.15) is 13.3 Å². The molecule has 0 aliphatic carbocycles. The Morgan fingerprint density at radius 3 is 2.83 bits per heavy atom. The summed E-state index contributed by atoms with van der Waals surface area (Å²) in [6.45, 7) is 3.82. The van der Waals surface area contributed by atoms with Crippen molar-refractivity contribution in [2.75, 3.05) is 24.5 Å². The Balaban J connectivity index is 2.09. The molecular weight excluding hydrogens is 300 g/mol. The van der Waals surface area contributed by atoms with Crippen molar-refractivity contribution in [3.63, 3.8) is 0 Å². The van der Waals surface area contributed by atoms with Gasteiger partial charge in [0.15, 0.2) is 0 Å². The molecule has 1 N–H and O–H groups in total. The number of aromatic nitrogens is 2.